The van der Waals surface area contributed by atoms with Gasteiger partial charge in [0.25, 0.3) is 0 Å². The quantitative estimate of drug-likeness (QED) is 0.357. The molecule has 2 nitrogen and oxygen atoms in total. The van der Waals surface area contributed by atoms with Crippen LogP contribution in [0.15, 0.2) is 75.9 Å². The molecule has 2 aromatic carbocycles. The van der Waals surface area contributed by atoms with Crippen LogP contribution in [0.25, 0.3) is 0 Å². The summed E-state index contributed by atoms with van der Waals surface area (Å²) in [5.41, 5.74) is 15.4. The summed E-state index contributed by atoms with van der Waals surface area (Å²) in [5, 5.41) is 5.05. The zero-order chi connectivity index (χ0) is 22.7. The van der Waals surface area contributed by atoms with Gasteiger partial charge in [0.05, 0.1) is 11.4 Å². The number of allylic oxidation sites excluding steroid dienone is 4. The molecule has 0 radical (unpaired) electrons. The van der Waals surface area contributed by atoms with Gasteiger partial charge in [-0.05, 0) is 66.4 Å². The third-order valence-corrected chi connectivity index (χ3v) is 6.95. The first-order chi connectivity index (χ1) is 14.7. The van der Waals surface area contributed by atoms with Crippen LogP contribution in [-0.2, 0) is 0 Å². The molecule has 0 aromatic heterocycles. The highest BCUT2D eigenvalue weighted by atomic mass is 15.3. The smallest absolute Gasteiger partial charge is 0.0720 e. The Kier molecular flexibility index (Phi) is 7.20. The number of rotatable bonds is 7. The van der Waals surface area contributed by atoms with Gasteiger partial charge >= 0.3 is 0 Å². The van der Waals surface area contributed by atoms with Crippen molar-refractivity contribution in [2.45, 2.75) is 73.6 Å². The molecule has 0 amide bonds. The maximum Gasteiger partial charge on any atom is 0.0720 e. The fourth-order valence-electron chi connectivity index (χ4n) is 4.55. The van der Waals surface area contributed by atoms with E-state index in [1.807, 2.05) is 0 Å². The van der Waals surface area contributed by atoms with Crippen LogP contribution in [0.2, 0.25) is 0 Å². The van der Waals surface area contributed by atoms with E-state index in [0.29, 0.717) is 17.8 Å². The summed E-state index contributed by atoms with van der Waals surface area (Å²) < 4.78 is 0. The maximum atomic E-state index is 5.05. The fourth-order valence-corrected chi connectivity index (χ4v) is 4.55. The molecule has 1 aliphatic carbocycles. The SMILES string of the molecule is CC1=C(C)C(C)C(CC(=NNc2c(C(C)C)cccc2C(C)C)c2ccccc2)=C1C. The molecule has 0 spiro atoms. The molecule has 0 saturated carbocycles. The summed E-state index contributed by atoms with van der Waals surface area (Å²) in [5.74, 6) is 1.35. The standard InChI is InChI=1S/C29H38N2/c1-18(2)25-15-12-16-26(19(3)4)29(25)31-30-28(24-13-10-9-11-14-24)17-27-22(7)20(5)21(6)23(27)8/h9-16,18-19,22,31H,17H2,1-8H3. The van der Waals surface area contributed by atoms with E-state index in [-0.39, 0.29) is 0 Å². The largest absolute Gasteiger partial charge is 0.278 e. The summed E-state index contributed by atoms with van der Waals surface area (Å²) >= 11 is 0. The molecular weight excluding hydrogens is 376 g/mol. The second-order valence-corrected chi connectivity index (χ2v) is 9.51. The number of hydrazone groups is 1. The van der Waals surface area contributed by atoms with E-state index in [0.717, 1.165) is 17.8 Å². The first-order valence-corrected chi connectivity index (χ1v) is 11.6. The lowest BCUT2D eigenvalue weighted by Gasteiger charge is -2.20. The highest BCUT2D eigenvalue weighted by Gasteiger charge is 2.25. The van der Waals surface area contributed by atoms with Gasteiger partial charge in [-0.2, -0.15) is 5.10 Å². The van der Waals surface area contributed by atoms with Crippen molar-refractivity contribution in [3.63, 3.8) is 0 Å². The third-order valence-electron chi connectivity index (χ3n) is 6.95. The first kappa shape index (κ1) is 23.1. The van der Waals surface area contributed by atoms with Gasteiger partial charge in [0.15, 0.2) is 0 Å². The topological polar surface area (TPSA) is 24.4 Å². The lowest BCUT2D eigenvalue weighted by atomic mass is 9.91. The van der Waals surface area contributed by atoms with E-state index >= 15 is 0 Å². The highest BCUT2D eigenvalue weighted by molar-refractivity contribution is 6.02. The summed E-state index contributed by atoms with van der Waals surface area (Å²) in [4.78, 5) is 0. The van der Waals surface area contributed by atoms with Gasteiger partial charge < -0.3 is 0 Å². The number of anilines is 1. The molecular formula is C29H38N2. The molecule has 0 bridgehead atoms. The molecule has 0 saturated heterocycles. The average Bonchev–Trinajstić information content (AvgIpc) is 2.94. The Bertz CT molecular complexity index is 994. The molecule has 0 heterocycles. The van der Waals surface area contributed by atoms with E-state index in [1.165, 1.54) is 39.0 Å². The minimum atomic E-state index is 0.436. The van der Waals surface area contributed by atoms with Gasteiger partial charge in [0, 0.05) is 6.42 Å². The molecule has 2 heteroatoms. The van der Waals surface area contributed by atoms with E-state index in [9.17, 15) is 0 Å². The zero-order valence-electron chi connectivity index (χ0n) is 20.5. The van der Waals surface area contributed by atoms with Gasteiger partial charge in [0.2, 0.25) is 0 Å². The van der Waals surface area contributed by atoms with Gasteiger partial charge in [-0.3, -0.25) is 5.43 Å². The molecule has 31 heavy (non-hydrogen) atoms. The number of hydrogen-bond donors (Lipinski definition) is 1. The van der Waals surface area contributed by atoms with Crippen molar-refractivity contribution >= 4 is 11.4 Å². The van der Waals surface area contributed by atoms with Crippen molar-refractivity contribution in [3.8, 4) is 0 Å². The Morgan fingerprint density at radius 3 is 1.90 bits per heavy atom. The summed E-state index contributed by atoms with van der Waals surface area (Å²) in [6.45, 7) is 18.1. The van der Waals surface area contributed by atoms with Crippen molar-refractivity contribution in [2.75, 3.05) is 5.43 Å². The van der Waals surface area contributed by atoms with E-state index in [2.05, 4.69) is 109 Å². The molecule has 2 aromatic rings. The number of benzene rings is 2. The minimum absolute atomic E-state index is 0.436. The predicted octanol–water partition coefficient (Wildman–Crippen LogP) is 8.44. The van der Waals surface area contributed by atoms with Crippen LogP contribution in [0.5, 0.6) is 0 Å². The van der Waals surface area contributed by atoms with Crippen molar-refractivity contribution in [3.05, 3.63) is 87.5 Å². The summed E-state index contributed by atoms with van der Waals surface area (Å²) in [6, 6.07) is 17.2. The lowest BCUT2D eigenvalue weighted by Crippen LogP contribution is -2.11. The normalized spacial score (nSPS) is 17.4. The maximum absolute atomic E-state index is 5.05. The molecule has 1 atom stereocenters. The fraction of sp³-hybridized carbons (Fsp3) is 0.414. The van der Waals surface area contributed by atoms with E-state index < -0.39 is 0 Å². The molecule has 1 unspecified atom stereocenters. The molecule has 1 aliphatic rings. The van der Waals surface area contributed by atoms with Crippen LogP contribution in [0, 0.1) is 5.92 Å². The Balaban J connectivity index is 2.04. The van der Waals surface area contributed by atoms with E-state index in [1.54, 1.807) is 0 Å². The average molecular weight is 415 g/mol. The molecule has 0 aliphatic heterocycles. The number of hydrogen-bond acceptors (Lipinski definition) is 2. The first-order valence-electron chi connectivity index (χ1n) is 11.6. The van der Waals surface area contributed by atoms with Crippen LogP contribution in [0.3, 0.4) is 0 Å². The molecule has 3 rings (SSSR count). The monoisotopic (exact) mass is 414 g/mol. The lowest BCUT2D eigenvalue weighted by molar-refractivity contribution is 0.797. The number of para-hydroxylation sites is 1. The second-order valence-electron chi connectivity index (χ2n) is 9.51. The minimum Gasteiger partial charge on any atom is -0.278 e. The van der Waals surface area contributed by atoms with Crippen LogP contribution < -0.4 is 5.43 Å². The zero-order valence-corrected chi connectivity index (χ0v) is 20.5. The van der Waals surface area contributed by atoms with Gasteiger partial charge in [0.1, 0.15) is 0 Å². The van der Waals surface area contributed by atoms with Crippen molar-refractivity contribution in [1.29, 1.82) is 0 Å². The molecule has 1 N–H and O–H groups in total. The number of nitrogens with zero attached hydrogens (tertiary/aromatic N) is 1. The molecule has 164 valence electrons. The highest BCUT2D eigenvalue weighted by Crippen LogP contribution is 2.39. The van der Waals surface area contributed by atoms with Crippen molar-refractivity contribution in [1.82, 2.24) is 0 Å². The van der Waals surface area contributed by atoms with E-state index in [4.69, 9.17) is 5.10 Å². The Labute approximate surface area is 189 Å². The van der Waals surface area contributed by atoms with Crippen LogP contribution >= 0.6 is 0 Å². The Hall–Kier alpha value is -2.61. The summed E-state index contributed by atoms with van der Waals surface area (Å²) in [6.07, 6.45) is 0.861. The molecule has 0 fully saturated rings. The van der Waals surface area contributed by atoms with Crippen molar-refractivity contribution in [2.24, 2.45) is 11.0 Å². The predicted molar refractivity (Wildman–Crippen MR) is 136 cm³/mol. The summed E-state index contributed by atoms with van der Waals surface area (Å²) in [7, 11) is 0. The third kappa shape index (κ3) is 4.84. The Morgan fingerprint density at radius 2 is 1.42 bits per heavy atom. The van der Waals surface area contributed by atoms with Crippen LogP contribution in [0.4, 0.5) is 5.69 Å². The van der Waals surface area contributed by atoms with Gasteiger partial charge in [-0.15, -0.1) is 0 Å². The van der Waals surface area contributed by atoms with Gasteiger partial charge in [-0.25, -0.2) is 0 Å². The van der Waals surface area contributed by atoms with Gasteiger partial charge in [-0.1, -0.05) is 94.3 Å². The Morgan fingerprint density at radius 1 is 0.839 bits per heavy atom. The van der Waals surface area contributed by atoms with Crippen LogP contribution in [0.1, 0.15) is 90.3 Å². The second kappa shape index (κ2) is 9.68. The number of nitrogens with one attached hydrogen (secondary N) is 1. The van der Waals surface area contributed by atoms with Crippen LogP contribution in [-0.4, -0.2) is 5.71 Å². The van der Waals surface area contributed by atoms with Crippen molar-refractivity contribution < 1.29 is 0 Å².